The lowest BCUT2D eigenvalue weighted by Crippen LogP contribution is -2.22. The van der Waals surface area contributed by atoms with Crippen molar-refractivity contribution in [2.45, 2.75) is 64.6 Å². The highest BCUT2D eigenvalue weighted by Crippen LogP contribution is 2.34. The maximum atomic E-state index is 8.52. The van der Waals surface area contributed by atoms with Crippen LogP contribution in [-0.2, 0) is 9.78 Å². The molecule has 0 aromatic rings. The predicted molar refractivity (Wildman–Crippen MR) is 61.0 cm³/mol. The molecular weight excluding hydrogens is 208 g/mol. The van der Waals surface area contributed by atoms with Crippen LogP contribution >= 0.6 is 0 Å². The molecule has 2 atom stereocenters. The summed E-state index contributed by atoms with van der Waals surface area (Å²) in [6.45, 7) is 3.79. The molecule has 0 radical (unpaired) electrons. The van der Waals surface area contributed by atoms with Gasteiger partial charge in [-0.25, -0.2) is 9.78 Å². The van der Waals surface area contributed by atoms with Gasteiger partial charge >= 0.3 is 0 Å². The molecule has 0 aromatic heterocycles. The molecule has 1 aliphatic rings. The summed E-state index contributed by atoms with van der Waals surface area (Å²) in [6.07, 6.45) is 6.53. The first-order valence-electron chi connectivity index (χ1n) is 6.26. The molecule has 1 rings (SSSR count). The van der Waals surface area contributed by atoms with Gasteiger partial charge < -0.3 is 0 Å². The summed E-state index contributed by atoms with van der Waals surface area (Å²) >= 11 is 0. The first kappa shape index (κ1) is 13.9. The van der Waals surface area contributed by atoms with E-state index >= 15 is 0 Å². The van der Waals surface area contributed by atoms with Crippen molar-refractivity contribution in [2.24, 2.45) is 11.8 Å². The highest BCUT2D eigenvalue weighted by atomic mass is 17.1. The van der Waals surface area contributed by atoms with Crippen molar-refractivity contribution in [1.29, 1.82) is 0 Å². The molecule has 4 heteroatoms. The monoisotopic (exact) mass is 232 g/mol. The zero-order chi connectivity index (χ0) is 12.0. The Bertz CT molecular complexity index is 158. The van der Waals surface area contributed by atoms with Crippen LogP contribution in [0.2, 0.25) is 0 Å². The fourth-order valence-electron chi connectivity index (χ4n) is 2.73. The molecule has 0 heterocycles. The molecule has 0 amide bonds. The minimum atomic E-state index is -0.0544. The van der Waals surface area contributed by atoms with Gasteiger partial charge in [-0.1, -0.05) is 25.7 Å². The number of rotatable bonds is 6. The van der Waals surface area contributed by atoms with Crippen LogP contribution < -0.4 is 0 Å². The van der Waals surface area contributed by atoms with E-state index in [1.165, 1.54) is 25.7 Å². The average Bonchev–Trinajstić information content (AvgIpc) is 2.31. The van der Waals surface area contributed by atoms with Gasteiger partial charge in [-0.2, -0.15) is 0 Å². The normalized spacial score (nSPS) is 30.0. The molecule has 1 saturated carbocycles. The first-order chi connectivity index (χ1) is 7.65. The zero-order valence-electron chi connectivity index (χ0n) is 10.3. The summed E-state index contributed by atoms with van der Waals surface area (Å²) in [6, 6.07) is 0. The largest absolute Gasteiger partial charge is 0.252 e. The molecule has 0 aromatic carbocycles. The topological polar surface area (TPSA) is 58.9 Å². The van der Waals surface area contributed by atoms with E-state index in [9.17, 15) is 0 Å². The Morgan fingerprint density at radius 2 is 1.19 bits per heavy atom. The van der Waals surface area contributed by atoms with Crippen LogP contribution in [-0.4, -0.2) is 22.7 Å². The van der Waals surface area contributed by atoms with Crippen molar-refractivity contribution in [3.63, 3.8) is 0 Å². The van der Waals surface area contributed by atoms with Crippen LogP contribution in [0, 0.1) is 11.8 Å². The summed E-state index contributed by atoms with van der Waals surface area (Å²) in [7, 11) is 0. The highest BCUT2D eigenvalue weighted by molar-refractivity contribution is 4.75. The van der Waals surface area contributed by atoms with E-state index in [0.717, 1.165) is 12.8 Å². The lowest BCUT2D eigenvalue weighted by Gasteiger charge is -2.30. The van der Waals surface area contributed by atoms with E-state index in [1.807, 2.05) is 13.8 Å². The summed E-state index contributed by atoms with van der Waals surface area (Å²) < 4.78 is 0. The Labute approximate surface area is 97.4 Å². The van der Waals surface area contributed by atoms with Gasteiger partial charge in [0.25, 0.3) is 0 Å². The van der Waals surface area contributed by atoms with Gasteiger partial charge in [0.1, 0.15) is 0 Å². The van der Waals surface area contributed by atoms with Crippen molar-refractivity contribution in [3.8, 4) is 0 Å². The number of hydrogen-bond acceptors (Lipinski definition) is 4. The Balaban J connectivity index is 2.18. The van der Waals surface area contributed by atoms with Gasteiger partial charge in [0, 0.05) is 0 Å². The van der Waals surface area contributed by atoms with Crippen molar-refractivity contribution >= 4 is 0 Å². The fraction of sp³-hybridized carbons (Fsp3) is 1.00. The quantitative estimate of drug-likeness (QED) is 0.544. The first-order valence-corrected chi connectivity index (χ1v) is 6.26. The molecule has 1 fully saturated rings. The molecular formula is C12H24O4. The van der Waals surface area contributed by atoms with Crippen LogP contribution in [0.3, 0.4) is 0 Å². The minimum absolute atomic E-state index is 0.0544. The van der Waals surface area contributed by atoms with E-state index in [4.69, 9.17) is 10.5 Å². The van der Waals surface area contributed by atoms with Crippen molar-refractivity contribution < 1.29 is 20.3 Å². The SMILES string of the molecule is CC(CC1CCC(CC(C)OO)CC1)OO. The van der Waals surface area contributed by atoms with Crippen LogP contribution in [0.25, 0.3) is 0 Å². The second-order valence-corrected chi connectivity index (χ2v) is 5.19. The summed E-state index contributed by atoms with van der Waals surface area (Å²) in [4.78, 5) is 8.62. The second-order valence-electron chi connectivity index (χ2n) is 5.19. The Morgan fingerprint density at radius 3 is 1.44 bits per heavy atom. The third-order valence-electron chi connectivity index (χ3n) is 3.66. The summed E-state index contributed by atoms with van der Waals surface area (Å²) in [5.41, 5.74) is 0. The highest BCUT2D eigenvalue weighted by Gasteiger charge is 2.24. The molecule has 1 aliphatic carbocycles. The van der Waals surface area contributed by atoms with Crippen molar-refractivity contribution in [2.75, 3.05) is 0 Å². The average molecular weight is 232 g/mol. The van der Waals surface area contributed by atoms with Crippen LogP contribution in [0.5, 0.6) is 0 Å². The molecule has 96 valence electrons. The van der Waals surface area contributed by atoms with E-state index in [2.05, 4.69) is 9.78 Å². The van der Waals surface area contributed by atoms with Gasteiger partial charge in [-0.15, -0.1) is 0 Å². The minimum Gasteiger partial charge on any atom is -0.252 e. The molecule has 2 unspecified atom stereocenters. The predicted octanol–water partition coefficient (Wildman–Crippen LogP) is 3.33. The molecule has 16 heavy (non-hydrogen) atoms. The molecule has 0 spiro atoms. The molecule has 2 N–H and O–H groups in total. The Hall–Kier alpha value is -0.160. The van der Waals surface area contributed by atoms with E-state index in [-0.39, 0.29) is 12.2 Å². The van der Waals surface area contributed by atoms with Crippen molar-refractivity contribution in [1.82, 2.24) is 0 Å². The summed E-state index contributed by atoms with van der Waals surface area (Å²) in [5.74, 6) is 1.34. The lowest BCUT2D eigenvalue weighted by atomic mass is 9.78. The maximum Gasteiger partial charge on any atom is 0.0902 e. The van der Waals surface area contributed by atoms with Gasteiger partial charge in [0.05, 0.1) is 12.2 Å². The van der Waals surface area contributed by atoms with Gasteiger partial charge in [-0.05, 0) is 38.5 Å². The van der Waals surface area contributed by atoms with E-state index in [0.29, 0.717) is 11.8 Å². The zero-order valence-corrected chi connectivity index (χ0v) is 10.3. The standard InChI is InChI=1S/C12H24O4/c1-9(15-13)7-11-3-5-12(6-4-11)8-10(2)16-14/h9-14H,3-8H2,1-2H3. The smallest absolute Gasteiger partial charge is 0.0902 e. The second kappa shape index (κ2) is 7.22. The lowest BCUT2D eigenvalue weighted by molar-refractivity contribution is -0.279. The third-order valence-corrected chi connectivity index (χ3v) is 3.66. The van der Waals surface area contributed by atoms with E-state index < -0.39 is 0 Å². The Morgan fingerprint density at radius 1 is 0.875 bits per heavy atom. The van der Waals surface area contributed by atoms with Crippen LogP contribution in [0.15, 0.2) is 0 Å². The van der Waals surface area contributed by atoms with Crippen LogP contribution in [0.4, 0.5) is 0 Å². The molecule has 0 aliphatic heterocycles. The molecule has 0 saturated heterocycles. The van der Waals surface area contributed by atoms with Gasteiger partial charge in [0.15, 0.2) is 0 Å². The van der Waals surface area contributed by atoms with Crippen LogP contribution in [0.1, 0.15) is 52.4 Å². The Kier molecular flexibility index (Phi) is 6.28. The molecule has 4 nitrogen and oxygen atoms in total. The maximum absolute atomic E-state index is 8.52. The molecule has 0 bridgehead atoms. The van der Waals surface area contributed by atoms with Gasteiger partial charge in [0.2, 0.25) is 0 Å². The summed E-state index contributed by atoms with van der Waals surface area (Å²) in [5, 5.41) is 17.0. The van der Waals surface area contributed by atoms with E-state index in [1.54, 1.807) is 0 Å². The number of hydrogen-bond donors (Lipinski definition) is 2. The fourth-order valence-corrected chi connectivity index (χ4v) is 2.73. The third kappa shape index (κ3) is 4.78. The van der Waals surface area contributed by atoms with Gasteiger partial charge in [-0.3, -0.25) is 10.5 Å². The van der Waals surface area contributed by atoms with Crippen molar-refractivity contribution in [3.05, 3.63) is 0 Å².